The number of carbonyl (C=O) groups excluding carboxylic acids is 3. The van der Waals surface area contributed by atoms with Crippen molar-refractivity contribution in [2.45, 2.75) is 180 Å². The Hall–Kier alpha value is -1.97. The predicted octanol–water partition coefficient (Wildman–Crippen LogP) is 2.64. The highest BCUT2D eigenvalue weighted by Gasteiger charge is 2.68. The van der Waals surface area contributed by atoms with E-state index in [1.54, 1.807) is 20.8 Å². The molecule has 4 fully saturated rings. The highest BCUT2D eigenvalue weighted by molar-refractivity contribution is 5.86. The minimum atomic E-state index is -1.89. The van der Waals surface area contributed by atoms with Gasteiger partial charge in [0.2, 0.25) is 0 Å². The van der Waals surface area contributed by atoms with Gasteiger partial charge in [0.15, 0.2) is 0 Å². The topological polar surface area (TPSA) is 217 Å². The van der Waals surface area contributed by atoms with Gasteiger partial charge in [0, 0.05) is 49.9 Å². The third kappa shape index (κ3) is 8.27. The van der Waals surface area contributed by atoms with Gasteiger partial charge in [-0.3, -0.25) is 19.3 Å². The minimum Gasteiger partial charge on any atom is -0.459 e. The third-order valence-corrected chi connectivity index (χ3v) is 16.1. The number of carbonyl (C=O) groups is 3. The molecule has 1 amide bonds. The number of aliphatic hydroxyl groups excluding tert-OH is 4. The second kappa shape index (κ2) is 16.8. The lowest BCUT2D eigenvalue weighted by molar-refractivity contribution is -0.193. The molecule has 13 nitrogen and oxygen atoms in total. The molecule has 4 aliphatic carbocycles. The number of cyclic esters (lactones) is 1. The number of amides is 1. The van der Waals surface area contributed by atoms with Gasteiger partial charge in [-0.2, -0.15) is 0 Å². The van der Waals surface area contributed by atoms with E-state index in [9.17, 15) is 50.1 Å². The summed E-state index contributed by atoms with van der Waals surface area (Å²) in [6.07, 6.45) is 0.587. The normalized spacial score (nSPS) is 49.0. The highest BCUT2D eigenvalue weighted by atomic mass is 16.6. The molecule has 13 heteroatoms. The number of nitrogens with zero attached hydrogens (tertiary/aromatic N) is 1. The van der Waals surface area contributed by atoms with Crippen molar-refractivity contribution < 1.29 is 54.9 Å². The Morgan fingerprint density at radius 2 is 1.63 bits per heavy atom. The maximum atomic E-state index is 14.1. The number of hydrogen-bond acceptors (Lipinski definition) is 12. The number of ketones is 1. The first kappa shape index (κ1) is 46.1. The second-order valence-electron chi connectivity index (χ2n) is 20.1. The molecule has 326 valence electrons. The number of fused-ring (bicyclic) bond motifs is 5. The molecule has 8 N–H and O–H groups in total. The molecule has 5 rings (SSSR count). The van der Waals surface area contributed by atoms with Gasteiger partial charge in [0.1, 0.15) is 29.2 Å². The van der Waals surface area contributed by atoms with Crippen molar-refractivity contribution in [2.24, 2.45) is 46.3 Å². The first-order valence-corrected chi connectivity index (χ1v) is 21.7. The number of allylic oxidation sites excluding steroid dienone is 2. The number of esters is 1. The molecule has 5 aliphatic rings. The van der Waals surface area contributed by atoms with E-state index < -0.39 is 82.5 Å². The summed E-state index contributed by atoms with van der Waals surface area (Å²) in [5.74, 6) is -3.14. The molecule has 0 aromatic carbocycles. The Balaban J connectivity index is 1.30. The van der Waals surface area contributed by atoms with Gasteiger partial charge < -0.3 is 45.8 Å². The van der Waals surface area contributed by atoms with E-state index in [1.165, 1.54) is 20.8 Å². The quantitative estimate of drug-likeness (QED) is 0.111. The van der Waals surface area contributed by atoms with Crippen LogP contribution in [0.25, 0.3) is 0 Å². The van der Waals surface area contributed by atoms with Crippen LogP contribution in [0, 0.1) is 46.3 Å². The summed E-state index contributed by atoms with van der Waals surface area (Å²) >= 11 is 0. The summed E-state index contributed by atoms with van der Waals surface area (Å²) in [7, 11) is 0. The first-order chi connectivity index (χ1) is 26.4. The SMILES string of the molecule is CC[C@H]1OC(=O)[C@H](C)[C@@H](O)[C@H](C)[C@@H](O)[C@](C)(O)C[C@@H](C)CN(CCCNC(=O)[C@@]2(O)CCC3C4CC=C5CC(=O)CC[C@]5(C)C4[C@@H](O)C[C@@]32C)[C@H](C)[C@@H](O)[C@]1(C)O. The first-order valence-electron chi connectivity index (χ1n) is 21.7. The van der Waals surface area contributed by atoms with E-state index in [2.05, 4.69) is 18.3 Å². The summed E-state index contributed by atoms with van der Waals surface area (Å²) in [4.78, 5) is 41.6. The van der Waals surface area contributed by atoms with Crippen LogP contribution < -0.4 is 5.32 Å². The van der Waals surface area contributed by atoms with E-state index in [0.717, 1.165) is 12.0 Å². The average Bonchev–Trinajstić information content (AvgIpc) is 3.42. The van der Waals surface area contributed by atoms with Crippen LogP contribution in [0.1, 0.15) is 127 Å². The maximum Gasteiger partial charge on any atom is 0.311 e. The van der Waals surface area contributed by atoms with Gasteiger partial charge in [-0.15, -0.1) is 0 Å². The fourth-order valence-corrected chi connectivity index (χ4v) is 12.5. The lowest BCUT2D eigenvalue weighted by atomic mass is 9.46. The second-order valence-corrected chi connectivity index (χ2v) is 20.1. The minimum absolute atomic E-state index is 0.0296. The highest BCUT2D eigenvalue weighted by Crippen LogP contribution is 2.67. The van der Waals surface area contributed by atoms with Gasteiger partial charge in [-0.25, -0.2) is 0 Å². The number of Topliss-reactive ketones (excluding diaryl/α,β-unsaturated/α-hetero) is 1. The summed E-state index contributed by atoms with van der Waals surface area (Å²) in [6.45, 7) is 16.4. The number of nitrogens with one attached hydrogen (secondary N) is 1. The van der Waals surface area contributed by atoms with Crippen molar-refractivity contribution in [3.63, 3.8) is 0 Å². The fraction of sp³-hybridized carbons (Fsp3) is 0.886. The van der Waals surface area contributed by atoms with Crippen LogP contribution in [0.2, 0.25) is 0 Å². The number of aliphatic hydroxyl groups is 7. The number of ether oxygens (including phenoxy) is 1. The Morgan fingerprint density at radius 3 is 2.28 bits per heavy atom. The molecule has 1 aliphatic heterocycles. The van der Waals surface area contributed by atoms with Crippen LogP contribution in [0.3, 0.4) is 0 Å². The molecule has 57 heavy (non-hydrogen) atoms. The fourth-order valence-electron chi connectivity index (χ4n) is 12.5. The van der Waals surface area contributed by atoms with Gasteiger partial charge in [0.25, 0.3) is 5.91 Å². The molecule has 1 saturated heterocycles. The Bertz CT molecular complexity index is 1520. The summed E-state index contributed by atoms with van der Waals surface area (Å²) in [6, 6.07) is -0.683. The molecule has 3 saturated carbocycles. The molecule has 0 aromatic rings. The summed E-state index contributed by atoms with van der Waals surface area (Å²) in [5, 5.41) is 84.2. The largest absolute Gasteiger partial charge is 0.459 e. The maximum absolute atomic E-state index is 14.1. The van der Waals surface area contributed by atoms with Crippen LogP contribution in [-0.4, -0.2) is 131 Å². The van der Waals surface area contributed by atoms with Crippen molar-refractivity contribution in [1.29, 1.82) is 0 Å². The average molecular weight is 807 g/mol. The zero-order valence-electron chi connectivity index (χ0n) is 35.9. The van der Waals surface area contributed by atoms with Crippen LogP contribution in [-0.2, 0) is 19.1 Å². The van der Waals surface area contributed by atoms with Crippen molar-refractivity contribution >= 4 is 17.7 Å². The van der Waals surface area contributed by atoms with Gasteiger partial charge in [-0.1, -0.05) is 46.3 Å². The molecular formula is C44H74N2O11. The van der Waals surface area contributed by atoms with Crippen LogP contribution in [0.15, 0.2) is 11.6 Å². The van der Waals surface area contributed by atoms with E-state index in [0.29, 0.717) is 51.6 Å². The molecule has 0 aromatic heterocycles. The third-order valence-electron chi connectivity index (χ3n) is 16.1. The molecule has 3 unspecified atom stereocenters. The lowest BCUT2D eigenvalue weighted by Gasteiger charge is -2.59. The zero-order chi connectivity index (χ0) is 42.6. The van der Waals surface area contributed by atoms with Crippen molar-refractivity contribution in [2.75, 3.05) is 19.6 Å². The van der Waals surface area contributed by atoms with Gasteiger partial charge >= 0.3 is 5.97 Å². The summed E-state index contributed by atoms with van der Waals surface area (Å²) < 4.78 is 5.71. The molecule has 0 bridgehead atoms. The monoisotopic (exact) mass is 807 g/mol. The number of hydrogen-bond donors (Lipinski definition) is 8. The summed E-state index contributed by atoms with van der Waals surface area (Å²) in [5.41, 5.74) is -5.18. The lowest BCUT2D eigenvalue weighted by Crippen LogP contribution is -2.63. The van der Waals surface area contributed by atoms with Gasteiger partial charge in [-0.05, 0) is 108 Å². The Kier molecular flexibility index (Phi) is 13.6. The molecule has 17 atom stereocenters. The standard InChI is InChI=1S/C44H74N2O11/c1-10-33-43(9,55)37(51)27(5)46(23-24(2)21-42(8,54)36(50)25(3)35(49)26(4)38(52)57-33)19-11-18-45-39(53)44(56)17-15-31-30-13-12-28-20-29(47)14-16-40(28,6)34(30)32(48)22-41(31,44)7/h12,24-27,30-37,48-51,54-56H,10-11,13-23H2,1-9H3,(H,45,53)/t24-,25+,26-,27-,30?,31?,32+,33-,34?,35+,36-,37-,40+,41+,42-,43-,44+/m1/s1. The van der Waals surface area contributed by atoms with Crippen molar-refractivity contribution in [1.82, 2.24) is 10.2 Å². The zero-order valence-corrected chi connectivity index (χ0v) is 35.9. The molecule has 1 heterocycles. The Labute approximate surface area is 339 Å². The van der Waals surface area contributed by atoms with E-state index >= 15 is 0 Å². The molecule has 0 radical (unpaired) electrons. The van der Waals surface area contributed by atoms with Gasteiger partial charge in [0.05, 0.1) is 29.8 Å². The Morgan fingerprint density at radius 1 is 0.965 bits per heavy atom. The van der Waals surface area contributed by atoms with Crippen LogP contribution in [0.5, 0.6) is 0 Å². The molecular weight excluding hydrogens is 732 g/mol. The smallest absolute Gasteiger partial charge is 0.311 e. The van der Waals surface area contributed by atoms with Crippen LogP contribution >= 0.6 is 0 Å². The van der Waals surface area contributed by atoms with E-state index in [4.69, 9.17) is 4.74 Å². The number of rotatable bonds is 6. The van der Waals surface area contributed by atoms with Crippen LogP contribution in [0.4, 0.5) is 0 Å². The predicted molar refractivity (Wildman–Crippen MR) is 213 cm³/mol. The van der Waals surface area contributed by atoms with E-state index in [1.807, 2.05) is 18.7 Å². The van der Waals surface area contributed by atoms with Crippen molar-refractivity contribution in [3.8, 4) is 0 Å². The van der Waals surface area contributed by atoms with Crippen molar-refractivity contribution in [3.05, 3.63) is 11.6 Å². The van der Waals surface area contributed by atoms with E-state index in [-0.39, 0.29) is 60.7 Å². The molecule has 0 spiro atoms.